The Morgan fingerprint density at radius 1 is 1.38 bits per heavy atom. The van der Waals surface area contributed by atoms with Gasteiger partial charge in [-0.05, 0) is 32.9 Å². The van der Waals surface area contributed by atoms with Crippen LogP contribution in [0.1, 0.15) is 19.3 Å². The van der Waals surface area contributed by atoms with Gasteiger partial charge in [-0.2, -0.15) is 0 Å². The maximum atomic E-state index is 11.5. The fraction of sp³-hybridized carbons (Fsp3) is 1.00. The molecule has 0 saturated carbocycles. The summed E-state index contributed by atoms with van der Waals surface area (Å²) in [5.74, 6) is 0.340. The van der Waals surface area contributed by atoms with Crippen molar-refractivity contribution >= 4 is 10.0 Å². The molecular weight excluding hydrogens is 188 g/mol. The Morgan fingerprint density at radius 3 is 2.77 bits per heavy atom. The van der Waals surface area contributed by atoms with Gasteiger partial charge >= 0.3 is 0 Å². The Morgan fingerprint density at radius 2 is 2.15 bits per heavy atom. The molecule has 0 atom stereocenters. The Bertz CT molecular complexity index is 239. The molecule has 1 aliphatic rings. The van der Waals surface area contributed by atoms with Crippen molar-refractivity contribution in [2.45, 2.75) is 19.3 Å². The summed E-state index contributed by atoms with van der Waals surface area (Å²) in [4.78, 5) is 0. The van der Waals surface area contributed by atoms with E-state index in [2.05, 4.69) is 5.32 Å². The Balaban J connectivity index is 2.38. The van der Waals surface area contributed by atoms with Gasteiger partial charge in [0.1, 0.15) is 0 Å². The minimum Gasteiger partial charge on any atom is -0.320 e. The van der Waals surface area contributed by atoms with Crippen LogP contribution in [0.25, 0.3) is 0 Å². The Hall–Kier alpha value is -0.130. The molecular formula is C8H18N2O2S. The minimum atomic E-state index is -2.90. The van der Waals surface area contributed by atoms with Crippen LogP contribution in [0.4, 0.5) is 0 Å². The van der Waals surface area contributed by atoms with E-state index in [0.717, 1.165) is 25.8 Å². The highest BCUT2D eigenvalue weighted by atomic mass is 32.2. The van der Waals surface area contributed by atoms with Gasteiger partial charge in [-0.3, -0.25) is 0 Å². The topological polar surface area (TPSA) is 49.4 Å². The van der Waals surface area contributed by atoms with E-state index in [4.69, 9.17) is 0 Å². The molecule has 0 aromatic rings. The lowest BCUT2D eigenvalue weighted by molar-refractivity contribution is 0.377. The molecule has 4 nitrogen and oxygen atoms in total. The average Bonchev–Trinajstić information content (AvgIpc) is 2.08. The van der Waals surface area contributed by atoms with Crippen LogP contribution < -0.4 is 5.32 Å². The predicted octanol–water partition coefficient (Wildman–Crippen LogP) is 0.0215. The molecule has 0 radical (unpaired) electrons. The van der Waals surface area contributed by atoms with Gasteiger partial charge < -0.3 is 5.32 Å². The first kappa shape index (κ1) is 10.9. The van der Waals surface area contributed by atoms with E-state index in [9.17, 15) is 8.42 Å². The second-order valence-electron chi connectivity index (χ2n) is 3.38. The van der Waals surface area contributed by atoms with Crippen molar-refractivity contribution in [1.82, 2.24) is 9.62 Å². The molecule has 78 valence electrons. The van der Waals surface area contributed by atoms with Crippen LogP contribution in [-0.2, 0) is 10.0 Å². The van der Waals surface area contributed by atoms with E-state index >= 15 is 0 Å². The van der Waals surface area contributed by atoms with Gasteiger partial charge in [0.05, 0.1) is 5.75 Å². The third-order valence-corrected chi connectivity index (χ3v) is 4.24. The molecule has 1 heterocycles. The quantitative estimate of drug-likeness (QED) is 0.660. The Labute approximate surface area is 80.4 Å². The third-order valence-electron chi connectivity index (χ3n) is 2.29. The highest BCUT2D eigenvalue weighted by molar-refractivity contribution is 7.89. The van der Waals surface area contributed by atoms with Crippen LogP contribution in [0.3, 0.4) is 0 Å². The highest BCUT2D eigenvalue weighted by Gasteiger charge is 2.24. The molecule has 0 amide bonds. The van der Waals surface area contributed by atoms with Gasteiger partial charge in [0.15, 0.2) is 0 Å². The minimum absolute atomic E-state index is 0.340. The van der Waals surface area contributed by atoms with E-state index in [-0.39, 0.29) is 0 Å². The molecule has 0 bridgehead atoms. The normalized spacial score (nSPS) is 23.2. The van der Waals surface area contributed by atoms with Gasteiger partial charge in [0.2, 0.25) is 10.0 Å². The van der Waals surface area contributed by atoms with E-state index < -0.39 is 10.0 Å². The van der Waals surface area contributed by atoms with E-state index in [1.165, 1.54) is 0 Å². The second-order valence-corrected chi connectivity index (χ2v) is 5.47. The van der Waals surface area contributed by atoms with Gasteiger partial charge in [-0.1, -0.05) is 0 Å². The van der Waals surface area contributed by atoms with E-state index in [0.29, 0.717) is 18.8 Å². The van der Waals surface area contributed by atoms with Crippen LogP contribution in [0, 0.1) is 0 Å². The Kier molecular flexibility index (Phi) is 4.15. The number of rotatable bonds is 4. The van der Waals surface area contributed by atoms with Gasteiger partial charge in [-0.25, -0.2) is 12.7 Å². The summed E-state index contributed by atoms with van der Waals surface area (Å²) in [5, 5.41) is 3.01. The molecule has 0 aromatic carbocycles. The maximum Gasteiger partial charge on any atom is 0.214 e. The molecule has 1 rings (SSSR count). The van der Waals surface area contributed by atoms with Crippen LogP contribution in [0.15, 0.2) is 0 Å². The second kappa shape index (κ2) is 4.93. The molecule has 1 fully saturated rings. The van der Waals surface area contributed by atoms with Crippen LogP contribution in [0.2, 0.25) is 0 Å². The number of nitrogens with one attached hydrogen (secondary N) is 1. The molecule has 1 aliphatic heterocycles. The highest BCUT2D eigenvalue weighted by Crippen LogP contribution is 2.13. The molecule has 1 N–H and O–H groups in total. The first-order chi connectivity index (χ1) is 6.17. The molecule has 0 aromatic heterocycles. The maximum absolute atomic E-state index is 11.5. The van der Waals surface area contributed by atoms with Gasteiger partial charge in [0.25, 0.3) is 0 Å². The van der Waals surface area contributed by atoms with Crippen molar-refractivity contribution in [1.29, 1.82) is 0 Å². The van der Waals surface area contributed by atoms with Crippen LogP contribution >= 0.6 is 0 Å². The third kappa shape index (κ3) is 3.25. The number of hydrogen-bond donors (Lipinski definition) is 1. The van der Waals surface area contributed by atoms with E-state index in [1.54, 1.807) is 4.31 Å². The lowest BCUT2D eigenvalue weighted by Gasteiger charge is -2.25. The summed E-state index contributed by atoms with van der Waals surface area (Å²) in [6, 6.07) is 0. The zero-order chi connectivity index (χ0) is 9.73. The summed E-state index contributed by atoms with van der Waals surface area (Å²) >= 11 is 0. The summed E-state index contributed by atoms with van der Waals surface area (Å²) in [6.45, 7) is 2.27. The molecule has 1 saturated heterocycles. The monoisotopic (exact) mass is 206 g/mol. The summed E-state index contributed by atoms with van der Waals surface area (Å²) in [7, 11) is -1.02. The largest absolute Gasteiger partial charge is 0.320 e. The molecule has 0 spiro atoms. The van der Waals surface area contributed by atoms with E-state index in [1.807, 2.05) is 7.05 Å². The summed E-state index contributed by atoms with van der Waals surface area (Å²) in [6.07, 6.45) is 2.74. The molecule has 13 heavy (non-hydrogen) atoms. The first-order valence-corrected chi connectivity index (χ1v) is 6.40. The zero-order valence-corrected chi connectivity index (χ0v) is 8.94. The first-order valence-electron chi connectivity index (χ1n) is 4.79. The number of nitrogens with zero attached hydrogens (tertiary/aromatic N) is 1. The summed E-state index contributed by atoms with van der Waals surface area (Å²) in [5.41, 5.74) is 0. The molecule has 0 aliphatic carbocycles. The SMILES string of the molecule is CNCCCN1CCCCS1(=O)=O. The van der Waals surface area contributed by atoms with Crippen molar-refractivity contribution in [3.8, 4) is 0 Å². The van der Waals surface area contributed by atoms with Crippen LogP contribution in [0.5, 0.6) is 0 Å². The van der Waals surface area contributed by atoms with Gasteiger partial charge in [0, 0.05) is 13.1 Å². The van der Waals surface area contributed by atoms with Crippen molar-refractivity contribution in [3.63, 3.8) is 0 Å². The van der Waals surface area contributed by atoms with Crippen molar-refractivity contribution < 1.29 is 8.42 Å². The fourth-order valence-corrected chi connectivity index (χ4v) is 3.17. The number of hydrogen-bond acceptors (Lipinski definition) is 3. The fourth-order valence-electron chi connectivity index (χ4n) is 1.52. The van der Waals surface area contributed by atoms with Crippen molar-refractivity contribution in [2.24, 2.45) is 0 Å². The standard InChI is InChI=1S/C8H18N2O2S/c1-9-5-4-7-10-6-2-3-8-13(10,11)12/h9H,2-8H2,1H3. The lowest BCUT2D eigenvalue weighted by atomic mass is 10.3. The smallest absolute Gasteiger partial charge is 0.214 e. The van der Waals surface area contributed by atoms with Crippen molar-refractivity contribution in [3.05, 3.63) is 0 Å². The van der Waals surface area contributed by atoms with Crippen LogP contribution in [-0.4, -0.2) is 45.2 Å². The number of sulfonamides is 1. The summed E-state index contributed by atoms with van der Waals surface area (Å²) < 4.78 is 24.6. The van der Waals surface area contributed by atoms with Gasteiger partial charge in [-0.15, -0.1) is 0 Å². The molecule has 0 unspecified atom stereocenters. The molecule has 5 heteroatoms. The lowest BCUT2D eigenvalue weighted by Crippen LogP contribution is -2.39. The zero-order valence-electron chi connectivity index (χ0n) is 8.12. The average molecular weight is 206 g/mol. The predicted molar refractivity (Wildman–Crippen MR) is 53.1 cm³/mol. The van der Waals surface area contributed by atoms with Crippen molar-refractivity contribution in [2.75, 3.05) is 32.4 Å².